The van der Waals surface area contributed by atoms with Crippen LogP contribution in [0.25, 0.3) is 16.7 Å². The quantitative estimate of drug-likeness (QED) is 0.800. The molecule has 0 aliphatic carbocycles. The van der Waals surface area contributed by atoms with E-state index in [-0.39, 0.29) is 5.56 Å². The van der Waals surface area contributed by atoms with Gasteiger partial charge in [-0.1, -0.05) is 43.3 Å². The van der Waals surface area contributed by atoms with Crippen LogP contribution in [-0.2, 0) is 0 Å². The Hall–Kier alpha value is -2.69. The van der Waals surface area contributed by atoms with Crippen LogP contribution in [0.5, 0.6) is 0 Å². The highest BCUT2D eigenvalue weighted by atomic mass is 16.4. The molecule has 0 aliphatic rings. The first-order chi connectivity index (χ1) is 10.1. The Morgan fingerprint density at radius 3 is 2.62 bits per heavy atom. The number of hydrogen-bond donors (Lipinski definition) is 1. The number of rotatable bonds is 3. The first-order valence-electron chi connectivity index (χ1n) is 6.76. The number of para-hydroxylation sites is 1. The van der Waals surface area contributed by atoms with E-state index in [1.807, 2.05) is 24.3 Å². The molecular formula is C16H15N3O2. The van der Waals surface area contributed by atoms with Gasteiger partial charge in [0, 0.05) is 0 Å². The summed E-state index contributed by atoms with van der Waals surface area (Å²) in [5.41, 5.74) is 3.34. The molecule has 1 aromatic heterocycles. The smallest absolute Gasteiger partial charge is 0.338 e. The molecule has 0 fully saturated rings. The maximum Gasteiger partial charge on any atom is 0.338 e. The summed E-state index contributed by atoms with van der Waals surface area (Å²) in [6.07, 6.45) is 0. The van der Waals surface area contributed by atoms with Gasteiger partial charge < -0.3 is 5.11 Å². The zero-order valence-corrected chi connectivity index (χ0v) is 11.8. The first-order valence-corrected chi connectivity index (χ1v) is 6.76. The lowest BCUT2D eigenvalue weighted by Gasteiger charge is -2.12. The van der Waals surface area contributed by atoms with Gasteiger partial charge in [-0.3, -0.25) is 0 Å². The second kappa shape index (κ2) is 5.01. The minimum absolute atomic E-state index is 0.167. The molecule has 106 valence electrons. The molecule has 0 saturated heterocycles. The van der Waals surface area contributed by atoms with Crippen molar-refractivity contribution in [3.8, 4) is 5.69 Å². The van der Waals surface area contributed by atoms with Crippen LogP contribution in [0.1, 0.15) is 35.7 Å². The van der Waals surface area contributed by atoms with Crippen molar-refractivity contribution in [1.29, 1.82) is 0 Å². The fourth-order valence-electron chi connectivity index (χ4n) is 2.46. The normalized spacial score (nSPS) is 11.2. The first kappa shape index (κ1) is 13.3. The van der Waals surface area contributed by atoms with Crippen molar-refractivity contribution in [2.24, 2.45) is 0 Å². The van der Waals surface area contributed by atoms with Crippen LogP contribution in [0, 0.1) is 0 Å². The number of fused-ring (bicyclic) bond motifs is 1. The highest BCUT2D eigenvalue weighted by molar-refractivity contribution is 6.00. The van der Waals surface area contributed by atoms with E-state index < -0.39 is 5.97 Å². The van der Waals surface area contributed by atoms with Gasteiger partial charge in [0.25, 0.3) is 0 Å². The molecule has 0 amide bonds. The summed E-state index contributed by atoms with van der Waals surface area (Å²) in [4.78, 5) is 11.3. The summed E-state index contributed by atoms with van der Waals surface area (Å²) in [5.74, 6) is -0.659. The molecule has 0 spiro atoms. The molecule has 3 rings (SSSR count). The summed E-state index contributed by atoms with van der Waals surface area (Å²) >= 11 is 0. The number of carbonyl (C=O) groups is 1. The SMILES string of the molecule is CC(C)c1ccccc1-n1nnc2c(C(=O)O)cccc21. The van der Waals surface area contributed by atoms with Crippen molar-refractivity contribution in [3.05, 3.63) is 53.6 Å². The van der Waals surface area contributed by atoms with Gasteiger partial charge in [-0.15, -0.1) is 5.10 Å². The second-order valence-corrected chi connectivity index (χ2v) is 5.19. The van der Waals surface area contributed by atoms with Crippen LogP contribution in [0.3, 0.4) is 0 Å². The van der Waals surface area contributed by atoms with Crippen molar-refractivity contribution in [2.45, 2.75) is 19.8 Å². The fourth-order valence-corrected chi connectivity index (χ4v) is 2.46. The van der Waals surface area contributed by atoms with Gasteiger partial charge in [0.2, 0.25) is 0 Å². The lowest BCUT2D eigenvalue weighted by atomic mass is 10.0. The Bertz CT molecular complexity index is 821. The monoisotopic (exact) mass is 281 g/mol. The molecule has 0 unspecified atom stereocenters. The van der Waals surface area contributed by atoms with Gasteiger partial charge in [0.15, 0.2) is 0 Å². The lowest BCUT2D eigenvalue weighted by Crippen LogP contribution is -2.03. The van der Waals surface area contributed by atoms with E-state index in [0.29, 0.717) is 17.0 Å². The zero-order chi connectivity index (χ0) is 15.0. The molecule has 2 aromatic carbocycles. The Balaban J connectivity index is 2.28. The molecule has 0 radical (unpaired) electrons. The summed E-state index contributed by atoms with van der Waals surface area (Å²) < 4.78 is 1.71. The zero-order valence-electron chi connectivity index (χ0n) is 11.8. The molecule has 0 atom stereocenters. The molecule has 0 bridgehead atoms. The third-order valence-corrected chi connectivity index (χ3v) is 3.49. The summed E-state index contributed by atoms with van der Waals surface area (Å²) in [7, 11) is 0. The number of carboxylic acid groups (broad SMARTS) is 1. The predicted octanol–water partition coefficient (Wildman–Crippen LogP) is 3.24. The molecule has 0 saturated carbocycles. The maximum absolute atomic E-state index is 11.3. The number of aromatic carboxylic acids is 1. The summed E-state index contributed by atoms with van der Waals surface area (Å²) in [6.45, 7) is 4.22. The van der Waals surface area contributed by atoms with Gasteiger partial charge in [-0.2, -0.15) is 0 Å². The van der Waals surface area contributed by atoms with Crippen LogP contribution >= 0.6 is 0 Å². The van der Waals surface area contributed by atoms with Crippen molar-refractivity contribution < 1.29 is 9.90 Å². The van der Waals surface area contributed by atoms with E-state index in [9.17, 15) is 9.90 Å². The highest BCUT2D eigenvalue weighted by Crippen LogP contribution is 2.26. The van der Waals surface area contributed by atoms with Gasteiger partial charge in [-0.05, 0) is 29.7 Å². The molecule has 5 heteroatoms. The van der Waals surface area contributed by atoms with Crippen LogP contribution in [-0.4, -0.2) is 26.1 Å². The number of benzene rings is 2. The molecule has 0 aliphatic heterocycles. The third-order valence-electron chi connectivity index (χ3n) is 3.49. The van der Waals surface area contributed by atoms with Crippen molar-refractivity contribution in [3.63, 3.8) is 0 Å². The van der Waals surface area contributed by atoms with Crippen molar-refractivity contribution in [2.75, 3.05) is 0 Å². The molecule has 21 heavy (non-hydrogen) atoms. The number of aromatic nitrogens is 3. The Labute approximate surface area is 121 Å². The average Bonchev–Trinajstić information content (AvgIpc) is 2.90. The van der Waals surface area contributed by atoms with Crippen molar-refractivity contribution in [1.82, 2.24) is 15.0 Å². The van der Waals surface area contributed by atoms with E-state index in [4.69, 9.17) is 0 Å². The largest absolute Gasteiger partial charge is 0.478 e. The van der Waals surface area contributed by atoms with E-state index in [1.54, 1.807) is 10.7 Å². The topological polar surface area (TPSA) is 68.0 Å². The van der Waals surface area contributed by atoms with Crippen LogP contribution < -0.4 is 0 Å². The van der Waals surface area contributed by atoms with Crippen LogP contribution in [0.4, 0.5) is 0 Å². The molecule has 3 aromatic rings. The fraction of sp³-hybridized carbons (Fsp3) is 0.188. The number of carboxylic acids is 1. The van der Waals surface area contributed by atoms with E-state index in [0.717, 1.165) is 11.3 Å². The molecule has 1 heterocycles. The van der Waals surface area contributed by atoms with E-state index in [2.05, 4.69) is 30.2 Å². The second-order valence-electron chi connectivity index (χ2n) is 5.19. The lowest BCUT2D eigenvalue weighted by molar-refractivity contribution is 0.0699. The Morgan fingerprint density at radius 1 is 1.14 bits per heavy atom. The summed E-state index contributed by atoms with van der Waals surface area (Å²) in [5, 5.41) is 17.4. The van der Waals surface area contributed by atoms with Crippen molar-refractivity contribution >= 4 is 17.0 Å². The Kier molecular flexibility index (Phi) is 3.17. The van der Waals surface area contributed by atoms with Gasteiger partial charge in [0.1, 0.15) is 5.52 Å². The third kappa shape index (κ3) is 2.16. The molecular weight excluding hydrogens is 266 g/mol. The van der Waals surface area contributed by atoms with Crippen LogP contribution in [0.2, 0.25) is 0 Å². The Morgan fingerprint density at radius 2 is 1.90 bits per heavy atom. The van der Waals surface area contributed by atoms with Gasteiger partial charge >= 0.3 is 5.97 Å². The molecule has 5 nitrogen and oxygen atoms in total. The minimum atomic E-state index is -0.996. The minimum Gasteiger partial charge on any atom is -0.478 e. The van der Waals surface area contributed by atoms with Gasteiger partial charge in [-0.25, -0.2) is 9.48 Å². The summed E-state index contributed by atoms with van der Waals surface area (Å²) in [6, 6.07) is 13.0. The highest BCUT2D eigenvalue weighted by Gasteiger charge is 2.16. The average molecular weight is 281 g/mol. The predicted molar refractivity (Wildman–Crippen MR) is 79.9 cm³/mol. The van der Waals surface area contributed by atoms with Gasteiger partial charge in [0.05, 0.1) is 16.8 Å². The maximum atomic E-state index is 11.3. The van der Waals surface area contributed by atoms with Crippen LogP contribution in [0.15, 0.2) is 42.5 Å². The number of nitrogens with zero attached hydrogens (tertiary/aromatic N) is 3. The van der Waals surface area contributed by atoms with E-state index >= 15 is 0 Å². The standard InChI is InChI=1S/C16H15N3O2/c1-10(2)11-6-3-4-8-13(11)19-14-9-5-7-12(16(20)21)15(14)17-18-19/h3-10H,1-2H3,(H,20,21). The van der Waals surface area contributed by atoms with E-state index in [1.165, 1.54) is 6.07 Å². The molecule has 1 N–H and O–H groups in total. The number of hydrogen-bond acceptors (Lipinski definition) is 3.